The highest BCUT2D eigenvalue weighted by Gasteiger charge is 2.30. The van der Waals surface area contributed by atoms with Gasteiger partial charge < -0.3 is 15.0 Å². The summed E-state index contributed by atoms with van der Waals surface area (Å²) in [5, 5.41) is 7.88. The Labute approximate surface area is 161 Å². The minimum Gasteiger partial charge on any atom is -0.376 e. The number of aromatic nitrogens is 4. The normalized spacial score (nSPS) is 25.9. The van der Waals surface area contributed by atoms with E-state index < -0.39 is 0 Å². The van der Waals surface area contributed by atoms with E-state index in [4.69, 9.17) is 9.72 Å². The minimum absolute atomic E-state index is 0.209. The van der Waals surface area contributed by atoms with E-state index in [2.05, 4.69) is 40.3 Å². The van der Waals surface area contributed by atoms with Gasteiger partial charge >= 0.3 is 0 Å². The van der Waals surface area contributed by atoms with Gasteiger partial charge in [0.1, 0.15) is 5.82 Å². The highest BCUT2D eigenvalue weighted by Crippen LogP contribution is 2.35. The number of anilines is 2. The van der Waals surface area contributed by atoms with Crippen LogP contribution < -0.4 is 10.2 Å². The second-order valence-corrected chi connectivity index (χ2v) is 8.01. The Kier molecular flexibility index (Phi) is 5.29. The summed E-state index contributed by atoms with van der Waals surface area (Å²) in [7, 11) is 1.97. The Morgan fingerprint density at radius 1 is 1.26 bits per heavy atom. The van der Waals surface area contributed by atoms with Gasteiger partial charge in [0.25, 0.3) is 0 Å². The summed E-state index contributed by atoms with van der Waals surface area (Å²) in [4.78, 5) is 11.7. The SMILES string of the molecule is CC(C)C1OCCCC1Nc1nccc(N2CCCC2c2cnn(C)c2)n1. The molecule has 4 heterocycles. The van der Waals surface area contributed by atoms with Crippen LogP contribution in [0.3, 0.4) is 0 Å². The molecule has 2 aromatic rings. The Morgan fingerprint density at radius 3 is 2.93 bits per heavy atom. The van der Waals surface area contributed by atoms with Gasteiger partial charge in [-0.2, -0.15) is 10.1 Å². The second kappa shape index (κ2) is 7.84. The second-order valence-electron chi connectivity index (χ2n) is 8.01. The molecule has 0 saturated carbocycles. The van der Waals surface area contributed by atoms with Crippen LogP contribution in [0.1, 0.15) is 51.1 Å². The summed E-state index contributed by atoms with van der Waals surface area (Å²) in [6.45, 7) is 6.29. The predicted octanol–water partition coefficient (Wildman–Crippen LogP) is 3.17. The van der Waals surface area contributed by atoms with Gasteiger partial charge in [-0.1, -0.05) is 13.8 Å². The summed E-state index contributed by atoms with van der Waals surface area (Å²) in [6.07, 6.45) is 10.6. The minimum atomic E-state index is 0.209. The molecule has 2 aliphatic heterocycles. The molecule has 7 heteroatoms. The van der Waals surface area contributed by atoms with Crippen LogP contribution in [0.15, 0.2) is 24.7 Å². The van der Waals surface area contributed by atoms with Crippen molar-refractivity contribution in [3.05, 3.63) is 30.2 Å². The van der Waals surface area contributed by atoms with Gasteiger partial charge in [-0.15, -0.1) is 0 Å². The highest BCUT2D eigenvalue weighted by molar-refractivity contribution is 5.46. The van der Waals surface area contributed by atoms with Gasteiger partial charge in [0, 0.05) is 38.2 Å². The molecule has 4 rings (SSSR count). The van der Waals surface area contributed by atoms with Crippen molar-refractivity contribution in [3.8, 4) is 0 Å². The van der Waals surface area contributed by atoms with Crippen molar-refractivity contribution in [2.75, 3.05) is 23.4 Å². The molecule has 0 radical (unpaired) electrons. The molecule has 2 saturated heterocycles. The number of hydrogen-bond donors (Lipinski definition) is 1. The zero-order valence-electron chi connectivity index (χ0n) is 16.5. The molecular weight excluding hydrogens is 340 g/mol. The average molecular weight is 371 g/mol. The van der Waals surface area contributed by atoms with E-state index in [1.807, 2.05) is 30.2 Å². The highest BCUT2D eigenvalue weighted by atomic mass is 16.5. The molecule has 0 amide bonds. The quantitative estimate of drug-likeness (QED) is 0.872. The van der Waals surface area contributed by atoms with Gasteiger partial charge in [-0.05, 0) is 37.7 Å². The van der Waals surface area contributed by atoms with Crippen LogP contribution in [0.2, 0.25) is 0 Å². The molecule has 0 bridgehead atoms. The number of aryl methyl sites for hydroxylation is 1. The van der Waals surface area contributed by atoms with Crippen LogP contribution in [-0.2, 0) is 11.8 Å². The van der Waals surface area contributed by atoms with Crippen molar-refractivity contribution in [2.24, 2.45) is 13.0 Å². The van der Waals surface area contributed by atoms with Crippen LogP contribution in [0.4, 0.5) is 11.8 Å². The lowest BCUT2D eigenvalue weighted by atomic mass is 9.94. The van der Waals surface area contributed by atoms with Gasteiger partial charge in [0.2, 0.25) is 5.95 Å². The molecule has 1 N–H and O–H groups in total. The third-order valence-corrected chi connectivity index (χ3v) is 5.64. The van der Waals surface area contributed by atoms with E-state index in [9.17, 15) is 0 Å². The largest absolute Gasteiger partial charge is 0.376 e. The summed E-state index contributed by atoms with van der Waals surface area (Å²) < 4.78 is 7.86. The van der Waals surface area contributed by atoms with Crippen LogP contribution in [-0.4, -0.2) is 45.0 Å². The summed E-state index contributed by atoms with van der Waals surface area (Å²) in [6, 6.07) is 2.61. The standard InChI is InChI=1S/C20H30N6O/c1-14(2)19-16(6-5-11-27-19)23-20-21-9-8-18(24-20)26-10-4-7-17(26)15-12-22-25(3)13-15/h8-9,12-14,16-17,19H,4-7,10-11H2,1-3H3,(H,21,23,24). The molecule has 2 aromatic heterocycles. The first-order valence-corrected chi connectivity index (χ1v) is 10.1. The number of nitrogens with one attached hydrogen (secondary N) is 1. The molecule has 2 aliphatic rings. The fourth-order valence-electron chi connectivity index (χ4n) is 4.36. The number of rotatable bonds is 5. The Bertz CT molecular complexity index is 760. The van der Waals surface area contributed by atoms with Crippen molar-refractivity contribution in [1.29, 1.82) is 0 Å². The van der Waals surface area contributed by atoms with Gasteiger partial charge in [0.15, 0.2) is 0 Å². The third kappa shape index (κ3) is 3.93. The van der Waals surface area contributed by atoms with Gasteiger partial charge in [0.05, 0.1) is 24.4 Å². The maximum Gasteiger partial charge on any atom is 0.224 e. The molecule has 0 aromatic carbocycles. The van der Waals surface area contributed by atoms with Crippen LogP contribution in [0.25, 0.3) is 0 Å². The lowest BCUT2D eigenvalue weighted by molar-refractivity contribution is -0.0203. The maximum absolute atomic E-state index is 5.99. The molecule has 3 atom stereocenters. The fourth-order valence-corrected chi connectivity index (χ4v) is 4.36. The smallest absolute Gasteiger partial charge is 0.224 e. The maximum atomic E-state index is 5.99. The van der Waals surface area contributed by atoms with Crippen LogP contribution >= 0.6 is 0 Å². The van der Waals surface area contributed by atoms with E-state index in [-0.39, 0.29) is 12.1 Å². The van der Waals surface area contributed by atoms with E-state index in [1.165, 1.54) is 5.56 Å². The van der Waals surface area contributed by atoms with Crippen molar-refractivity contribution in [2.45, 2.75) is 57.7 Å². The molecule has 0 aliphatic carbocycles. The Balaban J connectivity index is 1.52. The molecule has 146 valence electrons. The summed E-state index contributed by atoms with van der Waals surface area (Å²) in [5.41, 5.74) is 1.25. The molecule has 0 spiro atoms. The van der Waals surface area contributed by atoms with E-state index in [0.29, 0.717) is 17.9 Å². The third-order valence-electron chi connectivity index (χ3n) is 5.64. The van der Waals surface area contributed by atoms with E-state index in [1.54, 1.807) is 0 Å². The van der Waals surface area contributed by atoms with Crippen molar-refractivity contribution in [3.63, 3.8) is 0 Å². The van der Waals surface area contributed by atoms with E-state index in [0.717, 1.165) is 44.7 Å². The zero-order valence-corrected chi connectivity index (χ0v) is 16.5. The Hall–Kier alpha value is -2.15. The first kappa shape index (κ1) is 18.2. The van der Waals surface area contributed by atoms with Crippen molar-refractivity contribution in [1.82, 2.24) is 19.7 Å². The number of nitrogens with zero attached hydrogens (tertiary/aromatic N) is 5. The Morgan fingerprint density at radius 2 is 2.15 bits per heavy atom. The molecular formula is C20H30N6O. The lowest BCUT2D eigenvalue weighted by Crippen LogP contribution is -2.43. The summed E-state index contributed by atoms with van der Waals surface area (Å²) in [5.74, 6) is 2.15. The molecule has 27 heavy (non-hydrogen) atoms. The van der Waals surface area contributed by atoms with E-state index >= 15 is 0 Å². The first-order valence-electron chi connectivity index (χ1n) is 10.1. The fraction of sp³-hybridized carbons (Fsp3) is 0.650. The molecule has 3 unspecified atom stereocenters. The lowest BCUT2D eigenvalue weighted by Gasteiger charge is -2.35. The van der Waals surface area contributed by atoms with Gasteiger partial charge in [-0.3, -0.25) is 4.68 Å². The molecule has 7 nitrogen and oxygen atoms in total. The first-order chi connectivity index (χ1) is 13.1. The van der Waals surface area contributed by atoms with Crippen LogP contribution in [0.5, 0.6) is 0 Å². The topological polar surface area (TPSA) is 68.1 Å². The number of ether oxygens (including phenoxy) is 1. The average Bonchev–Trinajstić information content (AvgIpc) is 3.31. The van der Waals surface area contributed by atoms with Crippen molar-refractivity contribution < 1.29 is 4.74 Å². The van der Waals surface area contributed by atoms with Crippen LogP contribution in [0, 0.1) is 5.92 Å². The number of hydrogen-bond acceptors (Lipinski definition) is 6. The molecule has 2 fully saturated rings. The van der Waals surface area contributed by atoms with Gasteiger partial charge in [-0.25, -0.2) is 4.98 Å². The monoisotopic (exact) mass is 370 g/mol. The van der Waals surface area contributed by atoms with Crippen molar-refractivity contribution >= 4 is 11.8 Å². The summed E-state index contributed by atoms with van der Waals surface area (Å²) >= 11 is 0. The predicted molar refractivity (Wildman–Crippen MR) is 106 cm³/mol. The zero-order chi connectivity index (χ0) is 18.8.